The summed E-state index contributed by atoms with van der Waals surface area (Å²) in [6.45, 7) is 5.87. The van der Waals surface area contributed by atoms with Crippen LogP contribution in [-0.2, 0) is 24.8 Å². The van der Waals surface area contributed by atoms with E-state index >= 15 is 0 Å². The number of ether oxygens (including phenoxy) is 2. The van der Waals surface area contributed by atoms with Gasteiger partial charge in [-0.15, -0.1) is 23.1 Å². The Morgan fingerprint density at radius 3 is 2.67 bits per heavy atom. The fraction of sp³-hybridized carbons (Fsp3) is 0.643. The maximum absolute atomic E-state index is 11.8. The number of thiazole rings is 1. The zero-order valence-electron chi connectivity index (χ0n) is 12.8. The summed E-state index contributed by atoms with van der Waals surface area (Å²) >= 11 is 3.01. The highest BCUT2D eigenvalue weighted by Gasteiger charge is 2.24. The van der Waals surface area contributed by atoms with Crippen molar-refractivity contribution in [2.24, 2.45) is 5.92 Å². The normalized spacial score (nSPS) is 12.2. The van der Waals surface area contributed by atoms with Crippen molar-refractivity contribution in [3.63, 3.8) is 0 Å². The number of nitrogens with zero attached hydrogens (tertiary/aromatic N) is 1. The number of aryl methyl sites for hydroxylation is 1. The van der Waals surface area contributed by atoms with Gasteiger partial charge in [0.15, 0.2) is 6.10 Å². The van der Waals surface area contributed by atoms with Crippen molar-refractivity contribution in [1.82, 2.24) is 4.98 Å². The number of methoxy groups -OCH3 is 1. The zero-order valence-corrected chi connectivity index (χ0v) is 14.4. The standard InChI is InChI=1S/C14H21NO4S2/c1-9(2)5-12(14(17)18-4)19-13(16)8-20-6-11-7-21-10(3)15-11/h7,9,12H,5-6,8H2,1-4H3. The van der Waals surface area contributed by atoms with Crippen LogP contribution in [0.1, 0.15) is 31.0 Å². The monoisotopic (exact) mass is 331 g/mol. The molecule has 118 valence electrons. The van der Waals surface area contributed by atoms with Crippen LogP contribution in [0.2, 0.25) is 0 Å². The third-order valence-electron chi connectivity index (χ3n) is 2.56. The lowest BCUT2D eigenvalue weighted by Crippen LogP contribution is -2.30. The van der Waals surface area contributed by atoms with E-state index in [0.29, 0.717) is 12.2 Å². The SMILES string of the molecule is COC(=O)C(CC(C)C)OC(=O)CSCc1csc(C)n1. The van der Waals surface area contributed by atoms with Crippen LogP contribution in [0, 0.1) is 12.8 Å². The quantitative estimate of drug-likeness (QED) is 0.683. The molecule has 1 heterocycles. The number of carbonyl (C=O) groups is 2. The van der Waals surface area contributed by atoms with Gasteiger partial charge in [0.1, 0.15) is 0 Å². The second-order valence-corrected chi connectivity index (χ2v) is 7.03. The molecular weight excluding hydrogens is 310 g/mol. The summed E-state index contributed by atoms with van der Waals surface area (Å²) in [5.41, 5.74) is 0.960. The van der Waals surface area contributed by atoms with Crippen LogP contribution in [0.15, 0.2) is 5.38 Å². The van der Waals surface area contributed by atoms with Gasteiger partial charge in [0.25, 0.3) is 0 Å². The molecule has 0 saturated carbocycles. The molecule has 0 radical (unpaired) electrons. The Morgan fingerprint density at radius 1 is 1.43 bits per heavy atom. The fourth-order valence-corrected chi connectivity index (χ4v) is 3.07. The van der Waals surface area contributed by atoms with Crippen LogP contribution in [0.3, 0.4) is 0 Å². The molecule has 0 N–H and O–H groups in total. The molecule has 1 rings (SSSR count). The van der Waals surface area contributed by atoms with Crippen molar-refractivity contribution in [2.75, 3.05) is 12.9 Å². The van der Waals surface area contributed by atoms with Gasteiger partial charge in [-0.25, -0.2) is 9.78 Å². The first-order valence-electron chi connectivity index (χ1n) is 6.68. The predicted octanol–water partition coefficient (Wildman–Crippen LogP) is 2.82. The summed E-state index contributed by atoms with van der Waals surface area (Å²) in [5.74, 6) is 0.196. The minimum absolute atomic E-state index is 0.197. The fourth-order valence-electron chi connectivity index (χ4n) is 1.66. The molecule has 0 aliphatic carbocycles. The maximum Gasteiger partial charge on any atom is 0.347 e. The van der Waals surface area contributed by atoms with Crippen LogP contribution in [-0.4, -0.2) is 35.9 Å². The van der Waals surface area contributed by atoms with E-state index in [9.17, 15) is 9.59 Å². The Bertz CT molecular complexity index is 473. The average Bonchev–Trinajstić information content (AvgIpc) is 2.82. The third kappa shape index (κ3) is 6.95. The topological polar surface area (TPSA) is 65.5 Å². The molecule has 1 aromatic rings. The lowest BCUT2D eigenvalue weighted by atomic mass is 10.1. The lowest BCUT2D eigenvalue weighted by Gasteiger charge is -2.17. The van der Waals surface area contributed by atoms with Gasteiger partial charge in [-0.3, -0.25) is 4.79 Å². The molecule has 0 saturated heterocycles. The molecule has 7 heteroatoms. The highest BCUT2D eigenvalue weighted by atomic mass is 32.2. The van der Waals surface area contributed by atoms with E-state index in [4.69, 9.17) is 4.74 Å². The van der Waals surface area contributed by atoms with E-state index in [0.717, 1.165) is 10.7 Å². The molecule has 0 aliphatic rings. The van der Waals surface area contributed by atoms with E-state index in [1.54, 1.807) is 11.3 Å². The first kappa shape index (κ1) is 18.0. The molecule has 21 heavy (non-hydrogen) atoms. The van der Waals surface area contributed by atoms with E-state index in [2.05, 4.69) is 9.72 Å². The molecule has 1 aromatic heterocycles. The van der Waals surface area contributed by atoms with Crippen LogP contribution >= 0.6 is 23.1 Å². The maximum atomic E-state index is 11.8. The summed E-state index contributed by atoms with van der Waals surface area (Å²) in [6, 6.07) is 0. The predicted molar refractivity (Wildman–Crippen MR) is 84.4 cm³/mol. The van der Waals surface area contributed by atoms with Crippen molar-refractivity contribution in [2.45, 2.75) is 39.0 Å². The first-order chi connectivity index (χ1) is 9.92. The largest absolute Gasteiger partial charge is 0.466 e. The molecule has 0 bridgehead atoms. The Hall–Kier alpha value is -1.08. The molecular formula is C14H21NO4S2. The molecule has 0 aromatic carbocycles. The smallest absolute Gasteiger partial charge is 0.347 e. The van der Waals surface area contributed by atoms with Gasteiger partial charge >= 0.3 is 11.9 Å². The van der Waals surface area contributed by atoms with Crippen molar-refractivity contribution in [3.05, 3.63) is 16.1 Å². The second kappa shape index (κ2) is 9.04. The summed E-state index contributed by atoms with van der Waals surface area (Å²) < 4.78 is 9.86. The van der Waals surface area contributed by atoms with Crippen molar-refractivity contribution < 1.29 is 19.1 Å². The Morgan fingerprint density at radius 2 is 2.14 bits per heavy atom. The Balaban J connectivity index is 2.37. The van der Waals surface area contributed by atoms with Crippen LogP contribution in [0.5, 0.6) is 0 Å². The minimum Gasteiger partial charge on any atom is -0.466 e. The molecule has 1 atom stereocenters. The molecule has 0 amide bonds. The van der Waals surface area contributed by atoms with Crippen molar-refractivity contribution >= 4 is 35.0 Å². The minimum atomic E-state index is -0.815. The molecule has 0 spiro atoms. The first-order valence-corrected chi connectivity index (χ1v) is 8.71. The van der Waals surface area contributed by atoms with E-state index in [1.807, 2.05) is 26.2 Å². The number of hydrogen-bond acceptors (Lipinski definition) is 7. The summed E-state index contributed by atoms with van der Waals surface area (Å²) in [4.78, 5) is 27.7. The zero-order chi connectivity index (χ0) is 15.8. The van der Waals surface area contributed by atoms with Gasteiger partial charge in [0.2, 0.25) is 0 Å². The summed E-state index contributed by atoms with van der Waals surface area (Å²) in [7, 11) is 1.29. The Labute approximate surface area is 133 Å². The van der Waals surface area contributed by atoms with Gasteiger partial charge in [0.05, 0.1) is 23.6 Å². The van der Waals surface area contributed by atoms with Crippen molar-refractivity contribution in [3.8, 4) is 0 Å². The van der Waals surface area contributed by atoms with E-state index in [1.165, 1.54) is 18.9 Å². The average molecular weight is 331 g/mol. The van der Waals surface area contributed by atoms with Gasteiger partial charge in [-0.1, -0.05) is 13.8 Å². The Kier molecular flexibility index (Phi) is 7.74. The highest BCUT2D eigenvalue weighted by molar-refractivity contribution is 7.99. The number of hydrogen-bond donors (Lipinski definition) is 0. The number of carbonyl (C=O) groups excluding carboxylic acids is 2. The van der Waals surface area contributed by atoms with Gasteiger partial charge in [-0.05, 0) is 19.3 Å². The van der Waals surface area contributed by atoms with E-state index < -0.39 is 18.0 Å². The number of thioether (sulfide) groups is 1. The van der Waals surface area contributed by atoms with Crippen molar-refractivity contribution in [1.29, 1.82) is 0 Å². The number of esters is 2. The van der Waals surface area contributed by atoms with E-state index in [-0.39, 0.29) is 11.7 Å². The molecule has 1 unspecified atom stereocenters. The molecule has 0 aliphatic heterocycles. The van der Waals surface area contributed by atoms with Crippen LogP contribution in [0.4, 0.5) is 0 Å². The third-order valence-corrected chi connectivity index (χ3v) is 4.32. The number of aromatic nitrogens is 1. The van der Waals surface area contributed by atoms with Crippen LogP contribution in [0.25, 0.3) is 0 Å². The second-order valence-electron chi connectivity index (χ2n) is 4.98. The number of rotatable bonds is 8. The molecule has 0 fully saturated rings. The van der Waals surface area contributed by atoms with Gasteiger partial charge in [-0.2, -0.15) is 0 Å². The van der Waals surface area contributed by atoms with Crippen LogP contribution < -0.4 is 0 Å². The van der Waals surface area contributed by atoms with Gasteiger partial charge in [0, 0.05) is 11.1 Å². The molecule has 5 nitrogen and oxygen atoms in total. The van der Waals surface area contributed by atoms with Gasteiger partial charge < -0.3 is 9.47 Å². The summed E-state index contributed by atoms with van der Waals surface area (Å²) in [6.07, 6.45) is -0.349. The summed E-state index contributed by atoms with van der Waals surface area (Å²) in [5, 5.41) is 2.99. The lowest BCUT2D eigenvalue weighted by molar-refractivity contribution is -0.165. The highest BCUT2D eigenvalue weighted by Crippen LogP contribution is 2.16.